The molecular weight excluding hydrogens is 773 g/mol. The van der Waals surface area contributed by atoms with Crippen LogP contribution in [0.4, 0.5) is 19.4 Å². The fourth-order valence-corrected chi connectivity index (χ4v) is 14.4. The van der Waals surface area contributed by atoms with Crippen molar-refractivity contribution in [3.05, 3.63) is 47.7 Å². The number of carbonyl (C=O) groups is 1. The van der Waals surface area contributed by atoms with E-state index in [0.717, 1.165) is 12.8 Å². The molecule has 4 heterocycles. The fraction of sp³-hybridized carbons (Fsp3) is 0.556. The molecule has 0 spiro atoms. The number of pyridine rings is 1. The Morgan fingerprint density at radius 3 is 2.32 bits per heavy atom. The zero-order valence-electron chi connectivity index (χ0n) is 35.9. The van der Waals surface area contributed by atoms with Gasteiger partial charge in [-0.1, -0.05) is 53.5 Å². The van der Waals surface area contributed by atoms with Crippen molar-refractivity contribution >= 4 is 41.7 Å². The zero-order chi connectivity index (χ0) is 42.6. The van der Waals surface area contributed by atoms with Gasteiger partial charge in [-0.3, -0.25) is 4.98 Å². The van der Waals surface area contributed by atoms with Crippen molar-refractivity contribution in [2.24, 2.45) is 5.41 Å². The Morgan fingerprint density at radius 2 is 1.73 bits per heavy atom. The molecule has 1 N–H and O–H groups in total. The predicted molar refractivity (Wildman–Crippen MR) is 227 cm³/mol. The van der Waals surface area contributed by atoms with E-state index in [0.29, 0.717) is 63.9 Å². The number of fused-ring (bicyclic) bond motifs is 4. The zero-order valence-corrected chi connectivity index (χ0v) is 36.9. The van der Waals surface area contributed by atoms with E-state index in [1.807, 2.05) is 20.8 Å². The number of aliphatic hydroxyl groups is 1. The normalized spacial score (nSPS) is 18.6. The number of rotatable bonds is 12. The van der Waals surface area contributed by atoms with Gasteiger partial charge in [0, 0.05) is 42.8 Å². The van der Waals surface area contributed by atoms with Crippen molar-refractivity contribution < 1.29 is 37.6 Å². The number of aliphatic hydroxyl groups excluding tert-OH is 1. The predicted octanol–water partition coefficient (Wildman–Crippen LogP) is 9.02. The minimum atomic E-state index is -2.30. The van der Waals surface area contributed by atoms with Gasteiger partial charge in [-0.15, -0.1) is 5.54 Å². The highest BCUT2D eigenvalue weighted by molar-refractivity contribution is 6.90. The van der Waals surface area contributed by atoms with Gasteiger partial charge < -0.3 is 33.9 Å². The number of aromatic nitrogens is 3. The van der Waals surface area contributed by atoms with E-state index in [4.69, 9.17) is 28.9 Å². The summed E-state index contributed by atoms with van der Waals surface area (Å²) in [5.74, 6) is 2.87. The smallest absolute Gasteiger partial charge is 0.410 e. The van der Waals surface area contributed by atoms with Crippen LogP contribution in [-0.2, 0) is 9.47 Å². The number of ether oxygens (including phenoxy) is 4. The van der Waals surface area contributed by atoms with E-state index < -0.39 is 25.3 Å². The number of methoxy groups -OCH3 is 1. The summed E-state index contributed by atoms with van der Waals surface area (Å²) in [5, 5.41) is 11.4. The highest BCUT2D eigenvalue weighted by atomic mass is 28.3. The second kappa shape index (κ2) is 16.1. The molecule has 7 rings (SSSR count). The van der Waals surface area contributed by atoms with E-state index >= 15 is 8.78 Å². The Kier molecular flexibility index (Phi) is 11.6. The highest BCUT2D eigenvalue weighted by Crippen LogP contribution is 2.46. The van der Waals surface area contributed by atoms with Gasteiger partial charge in [0.1, 0.15) is 42.3 Å². The van der Waals surface area contributed by atoms with Crippen LogP contribution in [0.3, 0.4) is 0 Å². The van der Waals surface area contributed by atoms with E-state index in [9.17, 15) is 9.90 Å². The van der Waals surface area contributed by atoms with Gasteiger partial charge in [0.25, 0.3) is 0 Å². The monoisotopic (exact) mass is 829 g/mol. The quantitative estimate of drug-likeness (QED) is 0.0842. The van der Waals surface area contributed by atoms with Gasteiger partial charge >= 0.3 is 12.1 Å². The average Bonchev–Trinajstić information content (AvgIpc) is 3.67. The van der Waals surface area contributed by atoms with Gasteiger partial charge in [-0.25, -0.2) is 13.6 Å². The number of carbonyl (C=O) groups excluding carboxylic acids is 1. The molecule has 1 saturated carbocycles. The number of amides is 1. The summed E-state index contributed by atoms with van der Waals surface area (Å²) in [7, 11) is -0.797. The third-order valence-electron chi connectivity index (χ3n) is 12.5. The van der Waals surface area contributed by atoms with Crippen LogP contribution in [0.25, 0.3) is 32.9 Å². The first-order valence-electron chi connectivity index (χ1n) is 20.7. The molecule has 1 amide bonds. The number of piperazine rings is 1. The molecule has 2 bridgehead atoms. The van der Waals surface area contributed by atoms with Crippen molar-refractivity contribution in [2.75, 3.05) is 45.1 Å². The maximum absolute atomic E-state index is 17.6. The van der Waals surface area contributed by atoms with Crippen LogP contribution in [0.5, 0.6) is 11.8 Å². The summed E-state index contributed by atoms with van der Waals surface area (Å²) in [5.41, 5.74) is 3.94. The lowest BCUT2D eigenvalue weighted by Crippen LogP contribution is -2.50. The minimum Gasteiger partial charge on any atom is -0.468 e. The van der Waals surface area contributed by atoms with Crippen molar-refractivity contribution in [1.82, 2.24) is 19.9 Å². The number of nitrogens with zero attached hydrogens (tertiary/aromatic N) is 5. The van der Waals surface area contributed by atoms with Gasteiger partial charge in [-0.05, 0) is 80.2 Å². The first-order valence-corrected chi connectivity index (χ1v) is 22.9. The summed E-state index contributed by atoms with van der Waals surface area (Å²) < 4.78 is 56.7. The summed E-state index contributed by atoms with van der Waals surface area (Å²) in [6.45, 7) is 19.6. The topological polar surface area (TPSA) is 119 Å². The summed E-state index contributed by atoms with van der Waals surface area (Å²) in [6, 6.07) is 6.15. The molecule has 2 aromatic heterocycles. The number of hydrogen-bond donors (Lipinski definition) is 1. The molecule has 0 radical (unpaired) electrons. The number of hydrogen-bond acceptors (Lipinski definition) is 10. The molecule has 2 atom stereocenters. The molecule has 2 saturated heterocycles. The van der Waals surface area contributed by atoms with Crippen LogP contribution in [0.1, 0.15) is 87.1 Å². The molecule has 0 unspecified atom stereocenters. The molecule has 1 aliphatic carbocycles. The average molecular weight is 830 g/mol. The molecule has 3 fully saturated rings. The number of benzene rings is 2. The molecule has 3 aliphatic rings. The third-order valence-corrected chi connectivity index (χ3v) is 18.8. The van der Waals surface area contributed by atoms with E-state index in [1.54, 1.807) is 29.3 Å². The van der Waals surface area contributed by atoms with Crippen LogP contribution >= 0.6 is 0 Å². The van der Waals surface area contributed by atoms with Crippen LogP contribution in [0.2, 0.25) is 16.6 Å². The first kappa shape index (κ1) is 42.5. The van der Waals surface area contributed by atoms with Gasteiger partial charge in [-0.2, -0.15) is 9.97 Å². The summed E-state index contributed by atoms with van der Waals surface area (Å²) in [6.07, 6.45) is 3.47. The first-order chi connectivity index (χ1) is 27.9. The minimum absolute atomic E-state index is 0.0261. The number of halogens is 2. The number of anilines is 1. The van der Waals surface area contributed by atoms with Crippen molar-refractivity contribution in [3.8, 4) is 34.5 Å². The molecule has 2 aromatic carbocycles. The fourth-order valence-electron chi connectivity index (χ4n) is 9.24. The maximum Gasteiger partial charge on any atom is 0.410 e. The molecule has 14 heteroatoms. The second-order valence-electron chi connectivity index (χ2n) is 18.5. The lowest BCUT2D eigenvalue weighted by Gasteiger charge is -2.38. The van der Waals surface area contributed by atoms with E-state index in [2.05, 4.69) is 62.9 Å². The largest absolute Gasteiger partial charge is 0.468 e. The SMILES string of the molecule is COCOc1cc(-c2ncc3c(N4C[C@@H]5C[C@H]4CN5C(=O)OC(C)(C)C)nc(OCC4(CO)CC4)nc3c2F)c2c(C#C[Si](C(C)C)(C(C)C)C(C)C)c(F)ccc2c1. The molecular formula is C45H57F2N5O6Si. The van der Waals surface area contributed by atoms with Crippen LogP contribution in [0.15, 0.2) is 30.5 Å². The lowest BCUT2D eigenvalue weighted by molar-refractivity contribution is 0.0214. The molecule has 59 heavy (non-hydrogen) atoms. The molecule has 316 valence electrons. The Hall–Kier alpha value is -4.58. The van der Waals surface area contributed by atoms with Crippen molar-refractivity contribution in [1.29, 1.82) is 0 Å². The van der Waals surface area contributed by atoms with Crippen molar-refractivity contribution in [3.63, 3.8) is 0 Å². The summed E-state index contributed by atoms with van der Waals surface area (Å²) >= 11 is 0. The lowest BCUT2D eigenvalue weighted by atomic mass is 9.95. The van der Waals surface area contributed by atoms with Gasteiger partial charge in [0.05, 0.1) is 36.2 Å². The van der Waals surface area contributed by atoms with Gasteiger partial charge in [0.2, 0.25) is 0 Å². The highest BCUT2D eigenvalue weighted by Gasteiger charge is 2.48. The molecule has 4 aromatic rings. The Balaban J connectivity index is 1.39. The summed E-state index contributed by atoms with van der Waals surface area (Å²) in [4.78, 5) is 31.1. The number of likely N-dealkylation sites (tertiary alicyclic amines) is 1. The van der Waals surface area contributed by atoms with Crippen LogP contribution < -0.4 is 14.4 Å². The van der Waals surface area contributed by atoms with Gasteiger partial charge in [0.15, 0.2) is 12.6 Å². The standard InChI is InChI=1S/C45H57F2N5O6Si/c1-26(2)59(27(3)4,28(5)6)16-13-33-36(46)12-11-29-17-32(57-25-55-10)19-34(37(29)33)39-38(47)40-35(20-48-39)41(50-42(49-40)56-24-45(23-53)14-15-45)51-21-31-18-30(51)22-52(31)43(54)58-44(7,8)9/h11-12,17,19-20,26-28,30-31,53H,14-15,18,21-25H2,1-10H3/t30-,31-/m0/s1. The maximum atomic E-state index is 17.6. The third kappa shape index (κ3) is 8.05. The van der Waals surface area contributed by atoms with Crippen LogP contribution in [-0.4, -0.2) is 97.0 Å². The molecule has 11 nitrogen and oxygen atoms in total. The van der Waals surface area contributed by atoms with E-state index in [-0.39, 0.29) is 71.9 Å². The molecule has 2 aliphatic heterocycles. The Bertz CT molecular complexity index is 2300. The van der Waals surface area contributed by atoms with Crippen LogP contribution in [0, 0.1) is 28.5 Å². The Morgan fingerprint density at radius 1 is 1.02 bits per heavy atom. The van der Waals surface area contributed by atoms with E-state index in [1.165, 1.54) is 13.2 Å². The second-order valence-corrected chi connectivity index (χ2v) is 24.1. The Labute approximate surface area is 346 Å². The van der Waals surface area contributed by atoms with Crippen molar-refractivity contribution in [2.45, 2.75) is 116 Å².